The van der Waals surface area contributed by atoms with Crippen molar-refractivity contribution < 1.29 is 9.53 Å². The van der Waals surface area contributed by atoms with E-state index in [1.54, 1.807) is 0 Å². The normalized spacial score (nSPS) is 19.7. The van der Waals surface area contributed by atoms with E-state index in [0.29, 0.717) is 15.2 Å². The van der Waals surface area contributed by atoms with E-state index in [1.807, 2.05) is 23.6 Å². The molecule has 0 bridgehead atoms. The molecule has 5 nitrogen and oxygen atoms in total. The molecule has 2 aliphatic heterocycles. The molecule has 0 unspecified atom stereocenters. The summed E-state index contributed by atoms with van der Waals surface area (Å²) in [6.45, 7) is 7.08. The van der Waals surface area contributed by atoms with Crippen LogP contribution in [0.25, 0.3) is 6.08 Å². The Labute approximate surface area is 160 Å². The number of fused-ring (bicyclic) bond motifs is 1. The lowest BCUT2D eigenvalue weighted by atomic mass is 9.93. The Morgan fingerprint density at radius 2 is 2.19 bits per heavy atom. The van der Waals surface area contributed by atoms with E-state index in [9.17, 15) is 4.79 Å². The monoisotopic (exact) mass is 385 g/mol. The van der Waals surface area contributed by atoms with Gasteiger partial charge in [0.05, 0.1) is 17.2 Å². The summed E-state index contributed by atoms with van der Waals surface area (Å²) in [5, 5.41) is 6.07. The highest BCUT2D eigenvalue weighted by Crippen LogP contribution is 2.33. The molecule has 1 amide bonds. The van der Waals surface area contributed by atoms with E-state index in [0.717, 1.165) is 30.0 Å². The minimum Gasteiger partial charge on any atom is -0.493 e. The van der Waals surface area contributed by atoms with Gasteiger partial charge in [0.25, 0.3) is 5.91 Å². The van der Waals surface area contributed by atoms with E-state index >= 15 is 0 Å². The van der Waals surface area contributed by atoms with Gasteiger partial charge >= 0.3 is 0 Å². The summed E-state index contributed by atoms with van der Waals surface area (Å²) in [7, 11) is 0. The summed E-state index contributed by atoms with van der Waals surface area (Å²) >= 11 is 2.83. The summed E-state index contributed by atoms with van der Waals surface area (Å²) < 4.78 is 5.52. The van der Waals surface area contributed by atoms with Crippen LogP contribution in [0.15, 0.2) is 33.5 Å². The van der Waals surface area contributed by atoms with Gasteiger partial charge in [0.1, 0.15) is 5.75 Å². The van der Waals surface area contributed by atoms with Crippen molar-refractivity contribution >= 4 is 45.4 Å². The minimum absolute atomic E-state index is 0.0106. The number of nitrogens with zero attached hydrogens (tertiary/aromatic N) is 2. The lowest BCUT2D eigenvalue weighted by Gasteiger charge is -2.13. The molecule has 7 heteroatoms. The van der Waals surface area contributed by atoms with Gasteiger partial charge in [0.15, 0.2) is 5.17 Å². The zero-order valence-corrected chi connectivity index (χ0v) is 16.5. The van der Waals surface area contributed by atoms with Gasteiger partial charge in [0, 0.05) is 17.2 Å². The summed E-state index contributed by atoms with van der Waals surface area (Å²) in [4.78, 5) is 21.9. The van der Waals surface area contributed by atoms with Gasteiger partial charge in [-0.1, -0.05) is 26.8 Å². The first-order valence-electron chi connectivity index (χ1n) is 8.40. The number of rotatable bonds is 2. The van der Waals surface area contributed by atoms with Crippen LogP contribution in [0.3, 0.4) is 0 Å². The molecule has 0 atom stereocenters. The molecule has 0 aliphatic carbocycles. The zero-order chi connectivity index (χ0) is 18.3. The molecule has 4 rings (SSSR count). The molecule has 1 saturated heterocycles. The number of amidine groups is 1. The molecule has 0 spiro atoms. The van der Waals surface area contributed by atoms with Crippen molar-refractivity contribution in [2.24, 2.45) is 4.99 Å². The number of thioether (sulfide) groups is 1. The topological polar surface area (TPSA) is 63.6 Å². The zero-order valence-electron chi connectivity index (χ0n) is 14.8. The summed E-state index contributed by atoms with van der Waals surface area (Å²) in [5.41, 5.74) is 3.18. The molecule has 1 fully saturated rings. The van der Waals surface area contributed by atoms with Crippen molar-refractivity contribution in [1.29, 1.82) is 0 Å². The predicted octanol–water partition coefficient (Wildman–Crippen LogP) is 4.27. The van der Waals surface area contributed by atoms with Crippen LogP contribution >= 0.6 is 23.1 Å². The lowest BCUT2D eigenvalue weighted by Crippen LogP contribution is -2.19. The summed E-state index contributed by atoms with van der Waals surface area (Å²) in [5.74, 6) is 0.814. The number of amides is 1. The highest BCUT2D eigenvalue weighted by molar-refractivity contribution is 8.18. The molecule has 1 aromatic heterocycles. The van der Waals surface area contributed by atoms with Crippen LogP contribution in [0.4, 0.5) is 5.13 Å². The third-order valence-electron chi connectivity index (χ3n) is 4.12. The maximum atomic E-state index is 12.3. The largest absolute Gasteiger partial charge is 0.493 e. The number of hydrogen-bond donors (Lipinski definition) is 1. The number of benzene rings is 1. The van der Waals surface area contributed by atoms with E-state index in [-0.39, 0.29) is 11.3 Å². The highest BCUT2D eigenvalue weighted by atomic mass is 32.2. The fourth-order valence-corrected chi connectivity index (χ4v) is 4.47. The molecule has 0 saturated carbocycles. The van der Waals surface area contributed by atoms with Gasteiger partial charge in [-0.25, -0.2) is 4.98 Å². The van der Waals surface area contributed by atoms with Gasteiger partial charge in [-0.2, -0.15) is 4.99 Å². The van der Waals surface area contributed by atoms with Crippen molar-refractivity contribution in [2.45, 2.75) is 32.6 Å². The minimum atomic E-state index is -0.127. The third kappa shape index (κ3) is 3.54. The molecule has 3 heterocycles. The van der Waals surface area contributed by atoms with E-state index in [1.165, 1.54) is 28.7 Å². The molecule has 0 radical (unpaired) electrons. The molecule has 26 heavy (non-hydrogen) atoms. The van der Waals surface area contributed by atoms with Gasteiger partial charge in [-0.05, 0) is 41.1 Å². The number of thiazole rings is 1. The van der Waals surface area contributed by atoms with Gasteiger partial charge in [-0.15, -0.1) is 11.3 Å². The smallest absolute Gasteiger partial charge is 0.264 e. The Morgan fingerprint density at radius 1 is 1.35 bits per heavy atom. The second-order valence-electron chi connectivity index (χ2n) is 7.21. The van der Waals surface area contributed by atoms with Crippen LogP contribution in [0, 0.1) is 0 Å². The number of carbonyl (C=O) groups is 1. The molecular formula is C19H19N3O2S2. The Balaban J connectivity index is 1.54. The van der Waals surface area contributed by atoms with Gasteiger partial charge in [0.2, 0.25) is 5.13 Å². The Morgan fingerprint density at radius 3 is 2.96 bits per heavy atom. The quantitative estimate of drug-likeness (QED) is 0.784. The molecule has 2 aliphatic rings. The third-order valence-corrected chi connectivity index (χ3v) is 5.76. The van der Waals surface area contributed by atoms with Crippen molar-refractivity contribution in [2.75, 3.05) is 6.61 Å². The Kier molecular flexibility index (Phi) is 4.36. The first-order chi connectivity index (χ1) is 12.4. The average Bonchev–Trinajstić information content (AvgIpc) is 3.27. The predicted molar refractivity (Wildman–Crippen MR) is 107 cm³/mol. The molecule has 2 aromatic rings. The number of aliphatic imine (C=N–C) groups is 1. The molecule has 1 N–H and O–H groups in total. The fourth-order valence-electron chi connectivity index (χ4n) is 2.68. The van der Waals surface area contributed by atoms with Crippen molar-refractivity contribution in [3.63, 3.8) is 0 Å². The van der Waals surface area contributed by atoms with Crippen LogP contribution in [-0.2, 0) is 16.6 Å². The van der Waals surface area contributed by atoms with Crippen LogP contribution in [0.2, 0.25) is 0 Å². The number of aromatic nitrogens is 1. The Hall–Kier alpha value is -2.12. The maximum Gasteiger partial charge on any atom is 0.264 e. The standard InChI is InChI=1S/C19H19N3O2S2/c1-19(2,3)15-10-25-17(20-15)22-18-21-16(23)14(26-18)9-11-4-5-13-12(8-11)6-7-24-13/h4-5,8-10H,6-7H2,1-3H3,(H,20,21,22,23)/b14-9-. The summed E-state index contributed by atoms with van der Waals surface area (Å²) in [6, 6.07) is 6.01. The van der Waals surface area contributed by atoms with Crippen molar-refractivity contribution in [3.8, 4) is 5.75 Å². The summed E-state index contributed by atoms with van der Waals surface area (Å²) in [6.07, 6.45) is 2.81. The first kappa shape index (κ1) is 17.3. The number of carbonyl (C=O) groups excluding carboxylic acids is 1. The van der Waals surface area contributed by atoms with E-state index in [2.05, 4.69) is 42.1 Å². The van der Waals surface area contributed by atoms with Gasteiger partial charge < -0.3 is 10.1 Å². The van der Waals surface area contributed by atoms with Crippen LogP contribution < -0.4 is 10.1 Å². The van der Waals surface area contributed by atoms with E-state index in [4.69, 9.17) is 4.74 Å². The maximum absolute atomic E-state index is 12.3. The van der Waals surface area contributed by atoms with Crippen molar-refractivity contribution in [3.05, 3.63) is 45.3 Å². The van der Waals surface area contributed by atoms with Crippen LogP contribution in [0.5, 0.6) is 5.75 Å². The fraction of sp³-hybridized carbons (Fsp3) is 0.316. The highest BCUT2D eigenvalue weighted by Gasteiger charge is 2.25. The Bertz CT molecular complexity index is 939. The van der Waals surface area contributed by atoms with Crippen LogP contribution in [0.1, 0.15) is 37.6 Å². The number of nitrogens with one attached hydrogen (secondary N) is 1. The molecule has 134 valence electrons. The molecular weight excluding hydrogens is 366 g/mol. The number of ether oxygens (including phenoxy) is 1. The number of hydrogen-bond acceptors (Lipinski definition) is 6. The van der Waals surface area contributed by atoms with Crippen molar-refractivity contribution in [1.82, 2.24) is 10.3 Å². The second kappa shape index (κ2) is 6.55. The lowest BCUT2D eigenvalue weighted by molar-refractivity contribution is -0.115. The van der Waals surface area contributed by atoms with Crippen LogP contribution in [-0.4, -0.2) is 22.7 Å². The van der Waals surface area contributed by atoms with E-state index < -0.39 is 0 Å². The first-order valence-corrected chi connectivity index (χ1v) is 10.1. The average molecular weight is 386 g/mol. The van der Waals surface area contributed by atoms with Gasteiger partial charge in [-0.3, -0.25) is 4.79 Å². The second-order valence-corrected chi connectivity index (χ2v) is 9.08. The SMILES string of the molecule is CC(C)(C)c1csc(N=C2NC(=O)/C(=C/c3ccc4c(c3)CCO4)S2)n1. The molecule has 1 aromatic carbocycles.